The van der Waals surface area contributed by atoms with Crippen LogP contribution >= 0.6 is 24.0 Å². The molecular formula is C22H32IN7O. The Kier molecular flexibility index (Phi) is 8.30. The molecule has 0 saturated carbocycles. The second-order valence-corrected chi connectivity index (χ2v) is 8.02. The lowest BCUT2D eigenvalue weighted by atomic mass is 10.2. The first kappa shape index (κ1) is 23.5. The second kappa shape index (κ2) is 10.9. The van der Waals surface area contributed by atoms with Crippen molar-refractivity contribution < 1.29 is 4.79 Å². The summed E-state index contributed by atoms with van der Waals surface area (Å²) in [7, 11) is 3.65. The lowest BCUT2D eigenvalue weighted by Gasteiger charge is -2.36. The molecule has 2 aliphatic heterocycles. The number of carbonyl (C=O) groups excluding carboxylic acids is 1. The van der Waals surface area contributed by atoms with Crippen molar-refractivity contribution in [2.24, 2.45) is 12.0 Å². The first-order valence-electron chi connectivity index (χ1n) is 10.7. The molecule has 1 unspecified atom stereocenters. The van der Waals surface area contributed by atoms with Crippen molar-refractivity contribution in [3.05, 3.63) is 48.3 Å². The average Bonchev–Trinajstić information content (AvgIpc) is 3.38. The average molecular weight is 537 g/mol. The van der Waals surface area contributed by atoms with Crippen LogP contribution in [0.3, 0.4) is 0 Å². The molecule has 9 heteroatoms. The molecule has 2 fully saturated rings. The Hall–Kier alpha value is -2.14. The van der Waals surface area contributed by atoms with Gasteiger partial charge in [0, 0.05) is 52.5 Å². The van der Waals surface area contributed by atoms with Gasteiger partial charge in [-0.05, 0) is 24.9 Å². The Labute approximate surface area is 201 Å². The maximum absolute atomic E-state index is 12.7. The van der Waals surface area contributed by atoms with Crippen LogP contribution in [0.1, 0.15) is 18.4 Å². The Bertz CT molecular complexity index is 885. The van der Waals surface area contributed by atoms with Crippen molar-refractivity contribution in [2.75, 3.05) is 44.7 Å². The number of halogens is 1. The van der Waals surface area contributed by atoms with Gasteiger partial charge in [-0.2, -0.15) is 5.10 Å². The number of amides is 1. The molecule has 2 aromatic rings. The van der Waals surface area contributed by atoms with Gasteiger partial charge in [0.2, 0.25) is 5.91 Å². The molecule has 1 aromatic heterocycles. The molecule has 0 spiro atoms. The van der Waals surface area contributed by atoms with Gasteiger partial charge in [-0.15, -0.1) is 24.0 Å². The fourth-order valence-electron chi connectivity index (χ4n) is 4.37. The zero-order chi connectivity index (χ0) is 20.9. The summed E-state index contributed by atoms with van der Waals surface area (Å²) in [5.74, 6) is 0.879. The van der Waals surface area contributed by atoms with Gasteiger partial charge in [-0.1, -0.05) is 30.3 Å². The third-order valence-electron chi connectivity index (χ3n) is 5.96. The minimum absolute atomic E-state index is 0. The van der Waals surface area contributed by atoms with Crippen LogP contribution in [-0.2, 0) is 18.4 Å². The number of aryl methyl sites for hydroxylation is 1. The summed E-state index contributed by atoms with van der Waals surface area (Å²) in [4.78, 5) is 23.5. The van der Waals surface area contributed by atoms with E-state index >= 15 is 0 Å². The van der Waals surface area contributed by atoms with Gasteiger partial charge in [0.25, 0.3) is 0 Å². The smallest absolute Gasteiger partial charge is 0.246 e. The van der Waals surface area contributed by atoms with E-state index in [9.17, 15) is 4.79 Å². The summed E-state index contributed by atoms with van der Waals surface area (Å²) in [6.45, 7) is 4.66. The maximum atomic E-state index is 12.7. The highest BCUT2D eigenvalue weighted by atomic mass is 127. The Balaban J connectivity index is 0.00000272. The van der Waals surface area contributed by atoms with E-state index in [0.717, 1.165) is 37.8 Å². The molecule has 1 N–H and O–H groups in total. The first-order valence-corrected chi connectivity index (χ1v) is 10.7. The summed E-state index contributed by atoms with van der Waals surface area (Å²) < 4.78 is 1.72. The summed E-state index contributed by atoms with van der Waals surface area (Å²) in [5, 5.41) is 7.70. The van der Waals surface area contributed by atoms with Crippen molar-refractivity contribution in [3.63, 3.8) is 0 Å². The normalized spacial score (nSPS) is 20.1. The minimum atomic E-state index is 0. The number of aliphatic imine (C=N–C) groups is 1. The number of aromatic nitrogens is 2. The molecule has 8 nitrogen and oxygen atoms in total. The number of carbonyl (C=O) groups is 1. The zero-order valence-corrected chi connectivity index (χ0v) is 20.6. The fraction of sp³-hybridized carbons (Fsp3) is 0.500. The number of anilines is 1. The predicted octanol–water partition coefficient (Wildman–Crippen LogP) is 1.93. The Morgan fingerprint density at radius 1 is 1.23 bits per heavy atom. The molecule has 3 heterocycles. The van der Waals surface area contributed by atoms with Gasteiger partial charge >= 0.3 is 0 Å². The highest BCUT2D eigenvalue weighted by Crippen LogP contribution is 2.20. The molecule has 1 amide bonds. The summed E-state index contributed by atoms with van der Waals surface area (Å²) in [5.41, 5.74) is 2.21. The van der Waals surface area contributed by atoms with E-state index in [1.165, 1.54) is 18.4 Å². The quantitative estimate of drug-likeness (QED) is 0.359. The molecule has 0 bridgehead atoms. The fourth-order valence-corrected chi connectivity index (χ4v) is 4.37. The van der Waals surface area contributed by atoms with E-state index in [1.807, 2.05) is 18.1 Å². The van der Waals surface area contributed by atoms with Crippen LogP contribution in [0.5, 0.6) is 0 Å². The van der Waals surface area contributed by atoms with Gasteiger partial charge in [0.1, 0.15) is 6.54 Å². The molecule has 2 saturated heterocycles. The zero-order valence-electron chi connectivity index (χ0n) is 18.3. The van der Waals surface area contributed by atoms with Crippen LogP contribution in [0.4, 0.5) is 5.69 Å². The van der Waals surface area contributed by atoms with Gasteiger partial charge in [0.05, 0.1) is 11.9 Å². The van der Waals surface area contributed by atoms with Crippen LogP contribution in [-0.4, -0.2) is 77.3 Å². The summed E-state index contributed by atoms with van der Waals surface area (Å²) in [6, 6.07) is 11.1. The van der Waals surface area contributed by atoms with E-state index in [0.29, 0.717) is 19.1 Å². The van der Waals surface area contributed by atoms with E-state index in [-0.39, 0.29) is 29.9 Å². The standard InChI is InChI=1S/C22H31N7O.HI/c1-23-22(28-11-12-29(21(30)17-28)20-14-25-26(2)16-20)24-13-19-9-6-10-27(19)15-18-7-4-3-5-8-18;/h3-5,7-8,14,16,19H,6,9-13,15,17H2,1-2H3,(H,23,24);1H. The van der Waals surface area contributed by atoms with Crippen LogP contribution in [0, 0.1) is 0 Å². The van der Waals surface area contributed by atoms with E-state index in [2.05, 4.69) is 50.6 Å². The largest absolute Gasteiger partial charge is 0.355 e. The Morgan fingerprint density at radius 2 is 2.03 bits per heavy atom. The van der Waals surface area contributed by atoms with Crippen LogP contribution in [0.2, 0.25) is 0 Å². The number of hydrogen-bond acceptors (Lipinski definition) is 4. The van der Waals surface area contributed by atoms with Crippen LogP contribution in [0.15, 0.2) is 47.7 Å². The molecule has 1 atom stereocenters. The minimum Gasteiger partial charge on any atom is -0.355 e. The number of likely N-dealkylation sites (tertiary alicyclic amines) is 1. The lowest BCUT2D eigenvalue weighted by Crippen LogP contribution is -2.56. The van der Waals surface area contributed by atoms with Gasteiger partial charge in [-0.3, -0.25) is 19.4 Å². The molecule has 4 rings (SSSR count). The molecule has 168 valence electrons. The number of guanidine groups is 1. The van der Waals surface area contributed by atoms with E-state index in [4.69, 9.17) is 0 Å². The van der Waals surface area contributed by atoms with Gasteiger partial charge < -0.3 is 15.1 Å². The monoisotopic (exact) mass is 537 g/mol. The molecular weight excluding hydrogens is 505 g/mol. The number of nitrogens with zero attached hydrogens (tertiary/aromatic N) is 6. The highest BCUT2D eigenvalue weighted by Gasteiger charge is 2.29. The lowest BCUT2D eigenvalue weighted by molar-refractivity contribution is -0.120. The van der Waals surface area contributed by atoms with Crippen molar-refractivity contribution in [1.82, 2.24) is 24.9 Å². The molecule has 2 aliphatic rings. The van der Waals surface area contributed by atoms with Gasteiger partial charge in [0.15, 0.2) is 5.96 Å². The topological polar surface area (TPSA) is 69.0 Å². The predicted molar refractivity (Wildman–Crippen MR) is 134 cm³/mol. The number of nitrogens with one attached hydrogen (secondary N) is 1. The number of rotatable bonds is 5. The summed E-state index contributed by atoms with van der Waals surface area (Å²) in [6.07, 6.45) is 6.02. The second-order valence-electron chi connectivity index (χ2n) is 8.02. The molecule has 1 aromatic carbocycles. The molecule has 0 aliphatic carbocycles. The van der Waals surface area contributed by atoms with Crippen molar-refractivity contribution in [3.8, 4) is 0 Å². The molecule has 31 heavy (non-hydrogen) atoms. The van der Waals surface area contributed by atoms with Crippen molar-refractivity contribution in [1.29, 1.82) is 0 Å². The molecule has 0 radical (unpaired) electrons. The maximum Gasteiger partial charge on any atom is 0.246 e. The van der Waals surface area contributed by atoms with Crippen LogP contribution < -0.4 is 10.2 Å². The van der Waals surface area contributed by atoms with Crippen LogP contribution in [0.25, 0.3) is 0 Å². The first-order chi connectivity index (χ1) is 14.6. The third kappa shape index (κ3) is 5.76. The van der Waals surface area contributed by atoms with Crippen molar-refractivity contribution >= 4 is 41.5 Å². The number of piperazine rings is 1. The SMILES string of the molecule is CN=C(NCC1CCCN1Cc1ccccc1)N1CCN(c2cnn(C)c2)C(=O)C1.I. The third-order valence-corrected chi connectivity index (χ3v) is 5.96. The Morgan fingerprint density at radius 3 is 2.71 bits per heavy atom. The summed E-state index contributed by atoms with van der Waals surface area (Å²) >= 11 is 0. The number of benzene rings is 1. The highest BCUT2D eigenvalue weighted by molar-refractivity contribution is 14.0. The number of hydrogen-bond donors (Lipinski definition) is 1. The van der Waals surface area contributed by atoms with Gasteiger partial charge in [-0.25, -0.2) is 0 Å². The van der Waals surface area contributed by atoms with E-state index < -0.39 is 0 Å². The van der Waals surface area contributed by atoms with Crippen molar-refractivity contribution in [2.45, 2.75) is 25.4 Å². The van der Waals surface area contributed by atoms with E-state index in [1.54, 1.807) is 22.8 Å².